The molecule has 1 unspecified atom stereocenters. The second-order valence-corrected chi connectivity index (χ2v) is 6.19. The molecule has 0 bridgehead atoms. The molecule has 0 aliphatic carbocycles. The number of hydrogen-bond donors (Lipinski definition) is 2. The van der Waals surface area contributed by atoms with E-state index in [0.29, 0.717) is 22.7 Å². The van der Waals surface area contributed by atoms with Crippen LogP contribution in [0, 0.1) is 0 Å². The van der Waals surface area contributed by atoms with E-state index < -0.39 is 17.8 Å². The molecule has 9 heteroatoms. The second-order valence-electron chi connectivity index (χ2n) is 5.33. The van der Waals surface area contributed by atoms with Crippen LogP contribution in [0.5, 0.6) is 0 Å². The molecule has 1 aromatic carbocycles. The molecule has 3 N–H and O–H groups in total. The van der Waals surface area contributed by atoms with Crippen LogP contribution in [0.25, 0.3) is 10.6 Å². The summed E-state index contributed by atoms with van der Waals surface area (Å²) in [4.78, 5) is 16.1. The molecule has 1 amide bonds. The van der Waals surface area contributed by atoms with Crippen molar-refractivity contribution in [2.24, 2.45) is 5.73 Å². The molecule has 2 aromatic rings. The molecule has 0 saturated heterocycles. The van der Waals surface area contributed by atoms with Gasteiger partial charge in [0.15, 0.2) is 0 Å². The fourth-order valence-electron chi connectivity index (χ4n) is 2.07. The van der Waals surface area contributed by atoms with E-state index in [1.54, 1.807) is 5.38 Å². The third-order valence-electron chi connectivity index (χ3n) is 3.39. The minimum absolute atomic E-state index is 0. The number of carbonyl (C=O) groups is 1. The smallest absolute Gasteiger partial charge is 0.349 e. The van der Waals surface area contributed by atoms with Gasteiger partial charge in [-0.05, 0) is 18.6 Å². The monoisotopic (exact) mass is 393 g/mol. The lowest BCUT2D eigenvalue weighted by atomic mass is 10.1. The molecule has 138 valence electrons. The van der Waals surface area contributed by atoms with Crippen molar-refractivity contribution in [1.29, 1.82) is 0 Å². The lowest BCUT2D eigenvalue weighted by Gasteiger charge is -2.09. The van der Waals surface area contributed by atoms with Crippen molar-refractivity contribution in [2.45, 2.75) is 38.5 Å². The zero-order valence-electron chi connectivity index (χ0n) is 13.5. The van der Waals surface area contributed by atoms with Crippen molar-refractivity contribution in [1.82, 2.24) is 10.3 Å². The number of nitrogens with two attached hydrogens (primary N) is 1. The van der Waals surface area contributed by atoms with Crippen molar-refractivity contribution < 1.29 is 18.0 Å². The molecular weight excluding hydrogens is 375 g/mol. The molecule has 0 spiro atoms. The number of carbonyl (C=O) groups excluding carboxylic acids is 1. The highest BCUT2D eigenvalue weighted by Crippen LogP contribution is 2.31. The number of halogens is 4. The van der Waals surface area contributed by atoms with Crippen LogP contribution in [0.15, 0.2) is 29.6 Å². The summed E-state index contributed by atoms with van der Waals surface area (Å²) in [6, 6.07) is 4.30. The zero-order chi connectivity index (χ0) is 17.7. The summed E-state index contributed by atoms with van der Waals surface area (Å²) in [6.07, 6.45) is -2.92. The number of nitrogens with zero attached hydrogens (tertiary/aromatic N) is 1. The van der Waals surface area contributed by atoms with Crippen LogP contribution in [-0.4, -0.2) is 16.9 Å². The number of benzene rings is 1. The number of amides is 1. The van der Waals surface area contributed by atoms with Gasteiger partial charge in [0.25, 0.3) is 0 Å². The van der Waals surface area contributed by atoms with Gasteiger partial charge in [-0.3, -0.25) is 4.79 Å². The fourth-order valence-corrected chi connectivity index (χ4v) is 2.90. The fraction of sp³-hybridized carbons (Fsp3) is 0.375. The molecule has 1 aromatic heterocycles. The van der Waals surface area contributed by atoms with Crippen molar-refractivity contribution >= 4 is 29.7 Å². The first-order valence-electron chi connectivity index (χ1n) is 7.46. The highest BCUT2D eigenvalue weighted by Gasteiger charge is 2.30. The SMILES string of the molecule is CCCC(N)C(=O)NCc1csc(-c2ccc(C(F)(F)F)cc2)n1.Cl. The van der Waals surface area contributed by atoms with E-state index in [2.05, 4.69) is 10.3 Å². The predicted octanol–water partition coefficient (Wildman–Crippen LogP) is 3.99. The van der Waals surface area contributed by atoms with E-state index in [4.69, 9.17) is 5.73 Å². The minimum Gasteiger partial charge on any atom is -0.349 e. The number of aromatic nitrogens is 1. The van der Waals surface area contributed by atoms with Gasteiger partial charge < -0.3 is 11.1 Å². The summed E-state index contributed by atoms with van der Waals surface area (Å²) in [6.45, 7) is 2.19. The summed E-state index contributed by atoms with van der Waals surface area (Å²) in [5, 5.41) is 5.07. The number of nitrogens with one attached hydrogen (secondary N) is 1. The number of hydrogen-bond acceptors (Lipinski definition) is 4. The number of thiazole rings is 1. The molecule has 2 rings (SSSR count). The topological polar surface area (TPSA) is 68.0 Å². The van der Waals surface area contributed by atoms with E-state index in [1.165, 1.54) is 23.5 Å². The standard InChI is InChI=1S/C16H18F3N3OS.ClH/c1-2-3-13(20)14(23)21-8-12-9-24-15(22-12)10-4-6-11(7-5-10)16(17,18)19;/h4-7,9,13H,2-3,8,20H2,1H3,(H,21,23);1H. The van der Waals surface area contributed by atoms with E-state index >= 15 is 0 Å². The Balaban J connectivity index is 0.00000312. The summed E-state index contributed by atoms with van der Waals surface area (Å²) < 4.78 is 37.7. The second kappa shape index (κ2) is 9.17. The Bertz CT molecular complexity index is 689. The lowest BCUT2D eigenvalue weighted by molar-refractivity contribution is -0.137. The first-order valence-corrected chi connectivity index (χ1v) is 8.34. The Morgan fingerprint density at radius 2 is 1.96 bits per heavy atom. The van der Waals surface area contributed by atoms with E-state index in [0.717, 1.165) is 18.6 Å². The Morgan fingerprint density at radius 1 is 1.32 bits per heavy atom. The summed E-state index contributed by atoms with van der Waals surface area (Å²) in [5.74, 6) is -0.235. The molecule has 25 heavy (non-hydrogen) atoms. The zero-order valence-corrected chi connectivity index (χ0v) is 15.1. The molecule has 0 aliphatic rings. The van der Waals surface area contributed by atoms with Crippen LogP contribution in [0.2, 0.25) is 0 Å². The van der Waals surface area contributed by atoms with Crippen LogP contribution in [0.4, 0.5) is 13.2 Å². The third kappa shape index (κ3) is 5.98. The number of rotatable bonds is 6. The maximum Gasteiger partial charge on any atom is 0.416 e. The molecule has 1 heterocycles. The van der Waals surface area contributed by atoms with E-state index in [9.17, 15) is 18.0 Å². The Kier molecular flexibility index (Phi) is 7.85. The van der Waals surface area contributed by atoms with Crippen LogP contribution in [-0.2, 0) is 17.5 Å². The minimum atomic E-state index is -4.35. The van der Waals surface area contributed by atoms with Gasteiger partial charge in [-0.1, -0.05) is 25.5 Å². The lowest BCUT2D eigenvalue weighted by Crippen LogP contribution is -2.40. The van der Waals surface area contributed by atoms with Crippen molar-refractivity contribution in [3.8, 4) is 10.6 Å². The van der Waals surface area contributed by atoms with Gasteiger partial charge in [0.1, 0.15) is 5.01 Å². The predicted molar refractivity (Wildman–Crippen MR) is 94.5 cm³/mol. The first-order chi connectivity index (χ1) is 11.3. The third-order valence-corrected chi connectivity index (χ3v) is 4.33. The normalized spacial score (nSPS) is 12.4. The van der Waals surface area contributed by atoms with Gasteiger partial charge in [-0.15, -0.1) is 23.7 Å². The molecule has 0 radical (unpaired) electrons. The van der Waals surface area contributed by atoms with Gasteiger partial charge in [0.05, 0.1) is 23.8 Å². The van der Waals surface area contributed by atoms with Crippen molar-refractivity contribution in [3.63, 3.8) is 0 Å². The summed E-state index contributed by atoms with van der Waals surface area (Å²) in [7, 11) is 0. The van der Waals surface area contributed by atoms with Gasteiger partial charge in [0, 0.05) is 10.9 Å². The average Bonchev–Trinajstić information content (AvgIpc) is 3.01. The van der Waals surface area contributed by atoms with Crippen LogP contribution in [0.1, 0.15) is 31.0 Å². The largest absolute Gasteiger partial charge is 0.416 e. The molecule has 0 saturated carbocycles. The Labute approximate surface area is 154 Å². The average molecular weight is 394 g/mol. The molecular formula is C16H19ClF3N3OS. The molecule has 0 aliphatic heterocycles. The van der Waals surface area contributed by atoms with Gasteiger partial charge >= 0.3 is 6.18 Å². The van der Waals surface area contributed by atoms with E-state index in [-0.39, 0.29) is 24.9 Å². The summed E-state index contributed by atoms with van der Waals surface area (Å²) >= 11 is 1.31. The van der Waals surface area contributed by atoms with Crippen molar-refractivity contribution in [2.75, 3.05) is 0 Å². The first kappa shape index (κ1) is 21.4. The molecule has 0 fully saturated rings. The van der Waals surface area contributed by atoms with Crippen LogP contribution in [0.3, 0.4) is 0 Å². The van der Waals surface area contributed by atoms with Crippen molar-refractivity contribution in [3.05, 3.63) is 40.9 Å². The maximum absolute atomic E-state index is 12.6. The van der Waals surface area contributed by atoms with Gasteiger partial charge in [-0.25, -0.2) is 4.98 Å². The molecule has 1 atom stereocenters. The maximum atomic E-state index is 12.6. The number of alkyl halides is 3. The van der Waals surface area contributed by atoms with Gasteiger partial charge in [0.2, 0.25) is 5.91 Å². The highest BCUT2D eigenvalue weighted by atomic mass is 35.5. The van der Waals surface area contributed by atoms with Gasteiger partial charge in [-0.2, -0.15) is 13.2 Å². The highest BCUT2D eigenvalue weighted by molar-refractivity contribution is 7.13. The summed E-state index contributed by atoms with van der Waals surface area (Å²) in [5.41, 5.74) is 6.27. The Hall–Kier alpha value is -1.64. The van der Waals surface area contributed by atoms with Crippen LogP contribution >= 0.6 is 23.7 Å². The Morgan fingerprint density at radius 3 is 2.52 bits per heavy atom. The quantitative estimate of drug-likeness (QED) is 0.779. The molecule has 4 nitrogen and oxygen atoms in total. The van der Waals surface area contributed by atoms with E-state index in [1.807, 2.05) is 6.92 Å². The van der Waals surface area contributed by atoms with Crippen LogP contribution < -0.4 is 11.1 Å².